The molecule has 1 saturated heterocycles. The summed E-state index contributed by atoms with van der Waals surface area (Å²) in [5.41, 5.74) is 1.91. The average Bonchev–Trinajstić information content (AvgIpc) is 2.68. The zero-order valence-electron chi connectivity index (χ0n) is 12.3. The zero-order valence-corrected chi connectivity index (χ0v) is 12.3. The second-order valence-corrected chi connectivity index (χ2v) is 5.43. The smallest absolute Gasteiger partial charge is 0.241 e. The van der Waals surface area contributed by atoms with E-state index in [0.29, 0.717) is 0 Å². The number of hydrogen-bond donors (Lipinski definition) is 1. The van der Waals surface area contributed by atoms with E-state index < -0.39 is 0 Å². The first-order valence-corrected chi connectivity index (χ1v) is 7.01. The lowest BCUT2D eigenvalue weighted by Crippen LogP contribution is -2.46. The number of nitrogens with zero attached hydrogens (tertiary/aromatic N) is 3. The minimum atomic E-state index is -0.0162. The summed E-state index contributed by atoms with van der Waals surface area (Å²) in [5, 5.41) is 7.31. The molecule has 1 fully saturated rings. The topological polar surface area (TPSA) is 67.2 Å². The van der Waals surface area contributed by atoms with Crippen molar-refractivity contribution in [3.8, 4) is 0 Å². The lowest BCUT2D eigenvalue weighted by atomic mass is 10.1. The van der Waals surface area contributed by atoms with Crippen LogP contribution in [0.3, 0.4) is 0 Å². The Bertz CT molecular complexity index is 501. The molecule has 1 aliphatic heterocycles. The van der Waals surface area contributed by atoms with Crippen molar-refractivity contribution >= 4 is 11.8 Å². The van der Waals surface area contributed by atoms with E-state index >= 15 is 0 Å². The standard InChI is InChI=1S/C14H22N4O2/c1-10-8-11(2)18(16-10)9-14(20)15-13-4-6-17(7-5-13)12(3)19/h8,13H,4-7,9H2,1-3H3,(H,15,20). The maximum Gasteiger partial charge on any atom is 0.241 e. The molecule has 0 radical (unpaired) electrons. The molecule has 6 heteroatoms. The number of nitrogens with one attached hydrogen (secondary N) is 1. The van der Waals surface area contributed by atoms with E-state index in [2.05, 4.69) is 10.4 Å². The van der Waals surface area contributed by atoms with E-state index in [9.17, 15) is 9.59 Å². The highest BCUT2D eigenvalue weighted by Gasteiger charge is 2.22. The summed E-state index contributed by atoms with van der Waals surface area (Å²) in [6.07, 6.45) is 1.64. The highest BCUT2D eigenvalue weighted by atomic mass is 16.2. The summed E-state index contributed by atoms with van der Waals surface area (Å²) in [4.78, 5) is 25.1. The fourth-order valence-electron chi connectivity index (χ4n) is 2.58. The first-order valence-electron chi connectivity index (χ1n) is 7.01. The van der Waals surface area contributed by atoms with Gasteiger partial charge in [0.2, 0.25) is 11.8 Å². The van der Waals surface area contributed by atoms with Gasteiger partial charge in [-0.3, -0.25) is 14.3 Å². The quantitative estimate of drug-likeness (QED) is 0.881. The number of amides is 2. The van der Waals surface area contributed by atoms with E-state index in [0.717, 1.165) is 37.3 Å². The van der Waals surface area contributed by atoms with Crippen LogP contribution in [-0.2, 0) is 16.1 Å². The van der Waals surface area contributed by atoms with Gasteiger partial charge in [0.25, 0.3) is 0 Å². The molecule has 1 aromatic rings. The number of aromatic nitrogens is 2. The molecule has 1 aromatic heterocycles. The molecule has 0 aliphatic carbocycles. The van der Waals surface area contributed by atoms with Crippen molar-refractivity contribution in [2.24, 2.45) is 0 Å². The molecule has 0 atom stereocenters. The van der Waals surface area contributed by atoms with Crippen LogP contribution in [0.1, 0.15) is 31.2 Å². The third kappa shape index (κ3) is 3.59. The minimum Gasteiger partial charge on any atom is -0.352 e. The summed E-state index contributed by atoms with van der Waals surface area (Å²) in [6.45, 7) is 7.15. The molecule has 0 spiro atoms. The molecule has 6 nitrogen and oxygen atoms in total. The molecular formula is C14H22N4O2. The molecule has 2 rings (SSSR count). The average molecular weight is 278 g/mol. The molecule has 0 bridgehead atoms. The van der Waals surface area contributed by atoms with Crippen LogP contribution in [0.15, 0.2) is 6.07 Å². The lowest BCUT2D eigenvalue weighted by Gasteiger charge is -2.31. The summed E-state index contributed by atoms with van der Waals surface area (Å²) in [5.74, 6) is 0.0925. The number of carbonyl (C=O) groups excluding carboxylic acids is 2. The van der Waals surface area contributed by atoms with E-state index in [-0.39, 0.29) is 24.4 Å². The van der Waals surface area contributed by atoms with Crippen molar-refractivity contribution in [1.29, 1.82) is 0 Å². The predicted octanol–water partition coefficient (Wildman–Crippen LogP) is 0.627. The molecule has 2 amide bonds. The third-order valence-electron chi connectivity index (χ3n) is 3.70. The number of rotatable bonds is 3. The van der Waals surface area contributed by atoms with E-state index in [1.165, 1.54) is 0 Å². The molecule has 0 aromatic carbocycles. The molecule has 20 heavy (non-hydrogen) atoms. The van der Waals surface area contributed by atoms with Crippen molar-refractivity contribution in [2.45, 2.75) is 46.2 Å². The lowest BCUT2D eigenvalue weighted by molar-refractivity contribution is -0.130. The van der Waals surface area contributed by atoms with Gasteiger partial charge in [0.05, 0.1) is 5.69 Å². The van der Waals surface area contributed by atoms with Crippen molar-refractivity contribution in [2.75, 3.05) is 13.1 Å². The summed E-state index contributed by atoms with van der Waals surface area (Å²) < 4.78 is 1.72. The Morgan fingerprint density at radius 3 is 2.50 bits per heavy atom. The van der Waals surface area contributed by atoms with Crippen LogP contribution in [0, 0.1) is 13.8 Å². The van der Waals surface area contributed by atoms with Gasteiger partial charge in [-0.15, -0.1) is 0 Å². The molecular weight excluding hydrogens is 256 g/mol. The molecule has 0 saturated carbocycles. The predicted molar refractivity (Wildman–Crippen MR) is 75.1 cm³/mol. The SMILES string of the molecule is CC(=O)N1CCC(NC(=O)Cn2nc(C)cc2C)CC1. The summed E-state index contributed by atoms with van der Waals surface area (Å²) in [7, 11) is 0. The van der Waals surface area contributed by atoms with Crippen molar-refractivity contribution < 1.29 is 9.59 Å². The van der Waals surface area contributed by atoms with E-state index in [4.69, 9.17) is 0 Å². The van der Waals surface area contributed by atoms with Crippen LogP contribution in [0.5, 0.6) is 0 Å². The maximum absolute atomic E-state index is 12.0. The fraction of sp³-hybridized carbons (Fsp3) is 0.643. The normalized spacial score (nSPS) is 16.2. The highest BCUT2D eigenvalue weighted by Crippen LogP contribution is 2.10. The van der Waals surface area contributed by atoms with Gasteiger partial charge in [0.15, 0.2) is 0 Å². The summed E-state index contributed by atoms with van der Waals surface area (Å²) in [6, 6.07) is 2.12. The molecule has 0 unspecified atom stereocenters. The minimum absolute atomic E-state index is 0.0162. The largest absolute Gasteiger partial charge is 0.352 e. The van der Waals surface area contributed by atoms with Crippen LogP contribution in [0.4, 0.5) is 0 Å². The molecule has 1 N–H and O–H groups in total. The van der Waals surface area contributed by atoms with Crippen molar-refractivity contribution in [3.63, 3.8) is 0 Å². The van der Waals surface area contributed by atoms with Gasteiger partial charge in [0, 0.05) is 31.7 Å². The Kier molecular flexibility index (Phi) is 4.42. The highest BCUT2D eigenvalue weighted by molar-refractivity contribution is 5.76. The van der Waals surface area contributed by atoms with Gasteiger partial charge in [-0.2, -0.15) is 5.10 Å². The number of piperidine rings is 1. The van der Waals surface area contributed by atoms with Crippen molar-refractivity contribution in [1.82, 2.24) is 20.0 Å². The Balaban J connectivity index is 1.81. The summed E-state index contributed by atoms with van der Waals surface area (Å²) >= 11 is 0. The fourth-order valence-corrected chi connectivity index (χ4v) is 2.58. The Hall–Kier alpha value is -1.85. The Morgan fingerprint density at radius 2 is 2.00 bits per heavy atom. The van der Waals surface area contributed by atoms with Gasteiger partial charge in [-0.05, 0) is 32.8 Å². The van der Waals surface area contributed by atoms with E-state index in [1.807, 2.05) is 24.8 Å². The monoisotopic (exact) mass is 278 g/mol. The van der Waals surface area contributed by atoms with Gasteiger partial charge in [-0.25, -0.2) is 0 Å². The number of aryl methyl sites for hydroxylation is 2. The molecule has 2 heterocycles. The van der Waals surface area contributed by atoms with Crippen LogP contribution in [0.25, 0.3) is 0 Å². The van der Waals surface area contributed by atoms with Crippen molar-refractivity contribution in [3.05, 3.63) is 17.5 Å². The van der Waals surface area contributed by atoms with Crippen LogP contribution in [0.2, 0.25) is 0 Å². The first-order chi connectivity index (χ1) is 9.45. The molecule has 110 valence electrons. The second-order valence-electron chi connectivity index (χ2n) is 5.43. The number of hydrogen-bond acceptors (Lipinski definition) is 3. The van der Waals surface area contributed by atoms with Crippen LogP contribution >= 0.6 is 0 Å². The van der Waals surface area contributed by atoms with Gasteiger partial charge < -0.3 is 10.2 Å². The first kappa shape index (κ1) is 14.6. The maximum atomic E-state index is 12.0. The van der Waals surface area contributed by atoms with E-state index in [1.54, 1.807) is 11.6 Å². The second kappa shape index (κ2) is 6.07. The molecule has 1 aliphatic rings. The van der Waals surface area contributed by atoms with Gasteiger partial charge in [-0.1, -0.05) is 0 Å². The van der Waals surface area contributed by atoms with Gasteiger partial charge >= 0.3 is 0 Å². The van der Waals surface area contributed by atoms with Crippen LogP contribution in [-0.4, -0.2) is 45.6 Å². The third-order valence-corrected chi connectivity index (χ3v) is 3.70. The van der Waals surface area contributed by atoms with Crippen LogP contribution < -0.4 is 5.32 Å². The zero-order chi connectivity index (χ0) is 14.7. The number of likely N-dealkylation sites (tertiary alicyclic amines) is 1. The Labute approximate surface area is 119 Å². The number of carbonyl (C=O) groups is 2. The van der Waals surface area contributed by atoms with Gasteiger partial charge in [0.1, 0.15) is 6.54 Å². The Morgan fingerprint density at radius 1 is 1.35 bits per heavy atom.